The normalized spacial score (nSPS) is 39.7. The van der Waals surface area contributed by atoms with Crippen molar-refractivity contribution >= 4 is 17.4 Å². The van der Waals surface area contributed by atoms with Crippen LogP contribution in [0.25, 0.3) is 0 Å². The van der Waals surface area contributed by atoms with E-state index in [4.69, 9.17) is 0 Å². The number of oxime groups is 1. The summed E-state index contributed by atoms with van der Waals surface area (Å²) in [7, 11) is 2.04. The van der Waals surface area contributed by atoms with Crippen LogP contribution in [0.3, 0.4) is 0 Å². The molecule has 3 fully saturated rings. The molecular weight excluding hydrogens is 282 g/mol. The highest BCUT2D eigenvalue weighted by Crippen LogP contribution is 2.69. The maximum Gasteiger partial charge on any atom is 0.237 e. The minimum absolute atomic E-state index is 0.0713. The lowest BCUT2D eigenvalue weighted by atomic mass is 9.64. The number of likely N-dealkylation sites (N-methyl/N-ethyl adjacent to an activating group) is 1. The summed E-state index contributed by atoms with van der Waals surface area (Å²) < 4.78 is 0. The molecule has 1 amide bonds. The van der Waals surface area contributed by atoms with E-state index < -0.39 is 16.2 Å². The molecule has 1 saturated heterocycles. The van der Waals surface area contributed by atoms with E-state index in [9.17, 15) is 14.8 Å². The number of hydrogen-bond acceptors (Lipinski definition) is 5. The number of piperazine rings is 1. The Hall–Kier alpha value is -1.43. The van der Waals surface area contributed by atoms with Gasteiger partial charge in [0.2, 0.25) is 5.91 Å². The van der Waals surface area contributed by atoms with Gasteiger partial charge in [0.25, 0.3) is 0 Å². The molecule has 0 aromatic carbocycles. The van der Waals surface area contributed by atoms with Crippen LogP contribution in [0.4, 0.5) is 0 Å². The van der Waals surface area contributed by atoms with E-state index in [1.165, 1.54) is 0 Å². The van der Waals surface area contributed by atoms with Crippen LogP contribution >= 0.6 is 0 Å². The monoisotopic (exact) mass is 307 g/mol. The number of ketones is 1. The number of nitrogens with zero attached hydrogens (tertiary/aromatic N) is 3. The number of Topliss-reactive ketones (excluding diaryl/α,β-unsaturated/α-hetero) is 1. The molecule has 0 aromatic rings. The molecule has 3 aliphatic rings. The third kappa shape index (κ3) is 1.51. The van der Waals surface area contributed by atoms with Gasteiger partial charge in [0, 0.05) is 31.6 Å². The van der Waals surface area contributed by atoms with Crippen molar-refractivity contribution < 1.29 is 14.8 Å². The maximum absolute atomic E-state index is 13.3. The summed E-state index contributed by atoms with van der Waals surface area (Å²) in [5.41, 5.74) is -1.93. The molecule has 3 rings (SSSR count). The highest BCUT2D eigenvalue weighted by molar-refractivity contribution is 6.50. The van der Waals surface area contributed by atoms with Gasteiger partial charge in [0.05, 0.1) is 0 Å². The Morgan fingerprint density at radius 2 is 1.73 bits per heavy atom. The number of fused-ring (bicyclic) bond motifs is 2. The van der Waals surface area contributed by atoms with Crippen molar-refractivity contribution in [1.29, 1.82) is 0 Å². The van der Waals surface area contributed by atoms with Gasteiger partial charge < -0.3 is 15.0 Å². The smallest absolute Gasteiger partial charge is 0.237 e. The van der Waals surface area contributed by atoms with Crippen LogP contribution in [-0.4, -0.2) is 65.6 Å². The van der Waals surface area contributed by atoms with Crippen LogP contribution < -0.4 is 0 Å². The molecule has 2 unspecified atom stereocenters. The van der Waals surface area contributed by atoms with Crippen molar-refractivity contribution in [3.8, 4) is 0 Å². The van der Waals surface area contributed by atoms with Gasteiger partial charge in [-0.15, -0.1) is 0 Å². The van der Waals surface area contributed by atoms with Crippen molar-refractivity contribution in [2.75, 3.05) is 33.2 Å². The lowest BCUT2D eigenvalue weighted by Crippen LogP contribution is -2.56. The van der Waals surface area contributed by atoms with E-state index in [2.05, 4.69) is 10.1 Å². The molecule has 2 saturated carbocycles. The lowest BCUT2D eigenvalue weighted by molar-refractivity contribution is -0.154. The summed E-state index contributed by atoms with van der Waals surface area (Å²) in [5, 5.41) is 12.6. The van der Waals surface area contributed by atoms with Crippen LogP contribution in [0.1, 0.15) is 33.6 Å². The molecule has 0 aromatic heterocycles. The number of carbonyl (C=O) groups excluding carboxylic acids is 2. The second kappa shape index (κ2) is 4.54. The predicted octanol–water partition coefficient (Wildman–Crippen LogP) is 0.986. The van der Waals surface area contributed by atoms with Gasteiger partial charge >= 0.3 is 0 Å². The Bertz CT molecular complexity index is 563. The van der Waals surface area contributed by atoms with E-state index in [0.717, 1.165) is 13.1 Å². The summed E-state index contributed by atoms with van der Waals surface area (Å²) in [4.78, 5) is 30.2. The van der Waals surface area contributed by atoms with Crippen molar-refractivity contribution in [3.63, 3.8) is 0 Å². The minimum atomic E-state index is -1.06. The zero-order valence-corrected chi connectivity index (χ0v) is 13.8. The van der Waals surface area contributed by atoms with E-state index in [1.807, 2.05) is 32.7 Å². The van der Waals surface area contributed by atoms with Gasteiger partial charge in [-0.2, -0.15) is 0 Å². The maximum atomic E-state index is 13.3. The topological polar surface area (TPSA) is 73.2 Å². The van der Waals surface area contributed by atoms with Gasteiger partial charge in [0.15, 0.2) is 5.78 Å². The summed E-state index contributed by atoms with van der Waals surface area (Å²) in [6, 6.07) is 0. The molecule has 122 valence electrons. The number of hydrogen-bond donors (Lipinski definition) is 1. The molecule has 0 radical (unpaired) electrons. The Labute approximate surface area is 131 Å². The Kier molecular flexibility index (Phi) is 3.19. The average Bonchev–Trinajstić information content (AvgIpc) is 2.75. The quantitative estimate of drug-likeness (QED) is 0.445. The van der Waals surface area contributed by atoms with Gasteiger partial charge in [-0.3, -0.25) is 9.59 Å². The fourth-order valence-electron chi connectivity index (χ4n) is 4.70. The minimum Gasteiger partial charge on any atom is -0.411 e. The molecule has 1 heterocycles. The van der Waals surface area contributed by atoms with Gasteiger partial charge in [-0.05, 0) is 25.3 Å². The zero-order valence-electron chi connectivity index (χ0n) is 13.8. The fraction of sp³-hybridized carbons (Fsp3) is 0.812. The number of carbonyl (C=O) groups is 2. The van der Waals surface area contributed by atoms with E-state index in [0.29, 0.717) is 25.9 Å². The second-order valence-corrected chi connectivity index (χ2v) is 7.74. The Morgan fingerprint density at radius 1 is 1.14 bits per heavy atom. The third-order valence-electron chi connectivity index (χ3n) is 6.83. The molecule has 6 heteroatoms. The molecule has 0 spiro atoms. The van der Waals surface area contributed by atoms with Crippen LogP contribution in [0.5, 0.6) is 0 Å². The first-order chi connectivity index (χ1) is 10.2. The summed E-state index contributed by atoms with van der Waals surface area (Å²) >= 11 is 0. The highest BCUT2D eigenvalue weighted by atomic mass is 16.4. The second-order valence-electron chi connectivity index (χ2n) is 7.74. The molecule has 22 heavy (non-hydrogen) atoms. The molecule has 2 aliphatic carbocycles. The summed E-state index contributed by atoms with van der Waals surface area (Å²) in [6.07, 6.45) is 1.27. The molecule has 6 nitrogen and oxygen atoms in total. The predicted molar refractivity (Wildman–Crippen MR) is 81.9 cm³/mol. The zero-order chi connectivity index (χ0) is 16.3. The number of rotatable bonds is 1. The van der Waals surface area contributed by atoms with Crippen molar-refractivity contribution in [2.45, 2.75) is 33.6 Å². The van der Waals surface area contributed by atoms with E-state index in [-0.39, 0.29) is 17.4 Å². The number of amides is 1. The third-order valence-corrected chi connectivity index (χ3v) is 6.83. The van der Waals surface area contributed by atoms with Gasteiger partial charge in [0.1, 0.15) is 11.1 Å². The first kappa shape index (κ1) is 15.5. The largest absolute Gasteiger partial charge is 0.411 e. The fourth-order valence-corrected chi connectivity index (χ4v) is 4.70. The first-order valence-corrected chi connectivity index (χ1v) is 7.97. The van der Waals surface area contributed by atoms with E-state index >= 15 is 0 Å². The van der Waals surface area contributed by atoms with Crippen molar-refractivity contribution in [1.82, 2.24) is 9.80 Å². The molecule has 2 atom stereocenters. The molecule has 1 aliphatic heterocycles. The lowest BCUT2D eigenvalue weighted by Gasteiger charge is -2.42. The van der Waals surface area contributed by atoms with Gasteiger partial charge in [-0.25, -0.2) is 0 Å². The summed E-state index contributed by atoms with van der Waals surface area (Å²) in [6.45, 7) is 8.87. The molecular formula is C16H25N3O3. The van der Waals surface area contributed by atoms with Crippen LogP contribution in [0, 0.1) is 16.2 Å². The van der Waals surface area contributed by atoms with Crippen LogP contribution in [0.15, 0.2) is 5.16 Å². The highest BCUT2D eigenvalue weighted by Gasteiger charge is 2.77. The SMILES string of the molecule is CN1CCN(C(=O)C23CCC(C)(/C(=N/O)C2=O)C3(C)C)CC1. The van der Waals surface area contributed by atoms with E-state index in [1.54, 1.807) is 0 Å². The Morgan fingerprint density at radius 3 is 2.23 bits per heavy atom. The first-order valence-electron chi connectivity index (χ1n) is 7.97. The molecule has 1 N–H and O–H groups in total. The van der Waals surface area contributed by atoms with Crippen molar-refractivity contribution in [3.05, 3.63) is 0 Å². The van der Waals surface area contributed by atoms with Crippen LogP contribution in [-0.2, 0) is 9.59 Å². The standard InChI is InChI=1S/C16H25N3O3/c1-14(2)15(3)5-6-16(14,12(20)11(15)17-22)13(21)19-9-7-18(4)8-10-19/h22H,5-10H2,1-4H3/b17-11+. The Balaban J connectivity index is 2.01. The molecule has 2 bridgehead atoms. The average molecular weight is 307 g/mol. The van der Waals surface area contributed by atoms with Crippen LogP contribution in [0.2, 0.25) is 0 Å². The van der Waals surface area contributed by atoms with Gasteiger partial charge in [-0.1, -0.05) is 25.9 Å². The summed E-state index contributed by atoms with van der Waals surface area (Å²) in [5.74, 6) is -0.337. The van der Waals surface area contributed by atoms with Crippen molar-refractivity contribution in [2.24, 2.45) is 21.4 Å².